The van der Waals surface area contributed by atoms with Crippen LogP contribution in [0.25, 0.3) is 0 Å². The van der Waals surface area contributed by atoms with Gasteiger partial charge in [0.2, 0.25) is 10.0 Å². The van der Waals surface area contributed by atoms with Gasteiger partial charge < -0.3 is 19.3 Å². The van der Waals surface area contributed by atoms with Gasteiger partial charge in [-0.05, 0) is 24.3 Å². The van der Waals surface area contributed by atoms with Gasteiger partial charge in [-0.15, -0.1) is 0 Å². The minimum atomic E-state index is -3.44. The molecule has 28 heavy (non-hydrogen) atoms. The number of hydrogen-bond acceptors (Lipinski definition) is 4. The van der Waals surface area contributed by atoms with E-state index in [-0.39, 0.29) is 6.10 Å². The molecule has 0 bridgehead atoms. The van der Waals surface area contributed by atoms with Crippen molar-refractivity contribution < 1.29 is 27.7 Å². The summed E-state index contributed by atoms with van der Waals surface area (Å²) >= 11 is 0. The van der Waals surface area contributed by atoms with Gasteiger partial charge in [-0.2, -0.15) is 4.31 Å². The fourth-order valence-electron chi connectivity index (χ4n) is 4.21. The summed E-state index contributed by atoms with van der Waals surface area (Å²) < 4.78 is 38.5. The van der Waals surface area contributed by atoms with Crippen LogP contribution in [0.1, 0.15) is 13.8 Å². The molecule has 158 valence electrons. The van der Waals surface area contributed by atoms with Gasteiger partial charge in [-0.25, -0.2) is 8.42 Å². The molecule has 0 spiro atoms. The Morgan fingerprint density at radius 3 is 2.43 bits per heavy atom. The van der Waals surface area contributed by atoms with Gasteiger partial charge in [0.25, 0.3) is 0 Å². The van der Waals surface area contributed by atoms with Crippen LogP contribution in [0, 0.1) is 5.92 Å². The van der Waals surface area contributed by atoms with E-state index >= 15 is 0 Å². The number of piperazine rings is 1. The van der Waals surface area contributed by atoms with Crippen LogP contribution >= 0.6 is 0 Å². The standard InChI is InChI=1S/C20H33N3O4S/c1-17(2)14-22-12-13-27-19(16-22)15-21-8-10-23(11-9-21)28(24,25)20-6-4-18(26-3)5-7-20/h4-7,17,19H,8-16H2,1-3H3/p+2/t19-/m0/s1. The lowest BCUT2D eigenvalue weighted by Crippen LogP contribution is -3.19. The van der Waals surface area contributed by atoms with Crippen molar-refractivity contribution >= 4 is 10.0 Å². The van der Waals surface area contributed by atoms with Crippen molar-refractivity contribution in [2.75, 3.05) is 66.1 Å². The van der Waals surface area contributed by atoms with Crippen LogP contribution in [0.3, 0.4) is 0 Å². The third kappa shape index (κ3) is 5.45. The van der Waals surface area contributed by atoms with Crippen LogP contribution in [0.5, 0.6) is 5.75 Å². The molecule has 0 aliphatic carbocycles. The van der Waals surface area contributed by atoms with Crippen molar-refractivity contribution in [3.63, 3.8) is 0 Å². The molecule has 2 aliphatic rings. The summed E-state index contributed by atoms with van der Waals surface area (Å²) in [6.07, 6.45) is 0.280. The molecule has 3 rings (SSSR count). The Balaban J connectivity index is 1.51. The molecule has 2 atom stereocenters. The molecule has 0 amide bonds. The Morgan fingerprint density at radius 2 is 1.82 bits per heavy atom. The Labute approximate surface area is 169 Å². The molecule has 1 aromatic rings. The van der Waals surface area contributed by atoms with Crippen molar-refractivity contribution in [3.05, 3.63) is 24.3 Å². The summed E-state index contributed by atoms with van der Waals surface area (Å²) in [5.74, 6) is 1.36. The summed E-state index contributed by atoms with van der Waals surface area (Å²) in [4.78, 5) is 3.41. The van der Waals surface area contributed by atoms with E-state index in [0.717, 1.165) is 39.3 Å². The molecule has 2 heterocycles. The predicted octanol–water partition coefficient (Wildman–Crippen LogP) is -1.48. The number of morpholine rings is 1. The molecule has 2 fully saturated rings. The monoisotopic (exact) mass is 413 g/mol. The number of benzene rings is 1. The van der Waals surface area contributed by atoms with E-state index in [1.54, 1.807) is 40.6 Å². The van der Waals surface area contributed by atoms with Crippen LogP contribution in [0.2, 0.25) is 0 Å². The Morgan fingerprint density at radius 1 is 1.14 bits per heavy atom. The molecule has 1 unspecified atom stereocenters. The highest BCUT2D eigenvalue weighted by Gasteiger charge is 2.33. The third-order valence-corrected chi connectivity index (χ3v) is 7.58. The number of methoxy groups -OCH3 is 1. The maximum absolute atomic E-state index is 12.9. The highest BCUT2D eigenvalue weighted by atomic mass is 32.2. The molecule has 0 saturated carbocycles. The first kappa shape index (κ1) is 21.5. The number of sulfonamides is 1. The molecule has 2 saturated heterocycles. The van der Waals surface area contributed by atoms with E-state index in [2.05, 4.69) is 13.8 Å². The number of quaternary nitrogens is 2. The smallest absolute Gasteiger partial charge is 0.243 e. The maximum Gasteiger partial charge on any atom is 0.243 e. The zero-order valence-corrected chi connectivity index (χ0v) is 18.1. The van der Waals surface area contributed by atoms with Crippen LogP contribution in [-0.4, -0.2) is 84.9 Å². The molecule has 0 radical (unpaired) electrons. The summed E-state index contributed by atoms with van der Waals surface area (Å²) in [6.45, 7) is 12.5. The SMILES string of the molecule is COc1ccc(S(=O)(=O)N2CC[NH+](C[C@H]3C[NH+](CC(C)C)CCO3)CC2)cc1. The van der Waals surface area contributed by atoms with Gasteiger partial charge in [-0.1, -0.05) is 13.8 Å². The molecule has 8 heteroatoms. The Kier molecular flexibility index (Phi) is 7.33. The van der Waals surface area contributed by atoms with Crippen molar-refractivity contribution in [2.24, 2.45) is 5.92 Å². The van der Waals surface area contributed by atoms with Crippen molar-refractivity contribution in [1.29, 1.82) is 0 Å². The van der Waals surface area contributed by atoms with Gasteiger partial charge in [0.05, 0.1) is 51.3 Å². The summed E-state index contributed by atoms with van der Waals surface area (Å²) in [5.41, 5.74) is 0. The summed E-state index contributed by atoms with van der Waals surface area (Å²) in [6, 6.07) is 6.63. The van der Waals surface area contributed by atoms with Crippen LogP contribution in [0.15, 0.2) is 29.2 Å². The minimum Gasteiger partial charge on any atom is -0.497 e. The zero-order valence-electron chi connectivity index (χ0n) is 17.3. The molecule has 7 nitrogen and oxygen atoms in total. The number of rotatable bonds is 7. The fraction of sp³-hybridized carbons (Fsp3) is 0.700. The van der Waals surface area contributed by atoms with E-state index in [4.69, 9.17) is 9.47 Å². The topological polar surface area (TPSA) is 64.7 Å². The molecule has 0 aromatic heterocycles. The van der Waals surface area contributed by atoms with E-state index in [1.807, 2.05) is 0 Å². The number of hydrogen-bond donors (Lipinski definition) is 2. The van der Waals surface area contributed by atoms with Crippen LogP contribution < -0.4 is 14.5 Å². The van der Waals surface area contributed by atoms with Gasteiger partial charge in [-0.3, -0.25) is 0 Å². The second kappa shape index (κ2) is 9.54. The molecule has 2 N–H and O–H groups in total. The summed E-state index contributed by atoms with van der Waals surface area (Å²) in [7, 11) is -1.86. The average Bonchev–Trinajstić information content (AvgIpc) is 2.68. The summed E-state index contributed by atoms with van der Waals surface area (Å²) in [5, 5.41) is 0. The highest BCUT2D eigenvalue weighted by Crippen LogP contribution is 2.19. The van der Waals surface area contributed by atoms with E-state index in [1.165, 1.54) is 11.4 Å². The largest absolute Gasteiger partial charge is 0.497 e. The van der Waals surface area contributed by atoms with Crippen molar-refractivity contribution in [3.8, 4) is 5.75 Å². The minimum absolute atomic E-state index is 0.280. The molecule has 1 aromatic carbocycles. The lowest BCUT2D eigenvalue weighted by atomic mass is 10.1. The molecular weight excluding hydrogens is 378 g/mol. The van der Waals surface area contributed by atoms with Gasteiger partial charge in [0.15, 0.2) is 6.10 Å². The van der Waals surface area contributed by atoms with Crippen LogP contribution in [-0.2, 0) is 14.8 Å². The zero-order chi connectivity index (χ0) is 20.1. The Hall–Kier alpha value is -1.19. The lowest BCUT2D eigenvalue weighted by Gasteiger charge is -2.36. The van der Waals surface area contributed by atoms with Gasteiger partial charge in [0.1, 0.15) is 25.4 Å². The molecule has 2 aliphatic heterocycles. The third-order valence-electron chi connectivity index (χ3n) is 5.67. The fourth-order valence-corrected chi connectivity index (χ4v) is 5.65. The van der Waals surface area contributed by atoms with E-state index in [0.29, 0.717) is 29.7 Å². The molecular formula is C20H35N3O4S+2. The maximum atomic E-state index is 12.9. The van der Waals surface area contributed by atoms with Crippen molar-refractivity contribution in [2.45, 2.75) is 24.8 Å². The average molecular weight is 414 g/mol. The van der Waals surface area contributed by atoms with E-state index < -0.39 is 10.0 Å². The predicted molar refractivity (Wildman–Crippen MR) is 107 cm³/mol. The van der Waals surface area contributed by atoms with Gasteiger partial charge >= 0.3 is 0 Å². The first-order valence-electron chi connectivity index (χ1n) is 10.3. The first-order valence-corrected chi connectivity index (χ1v) is 11.8. The quantitative estimate of drug-likeness (QED) is 0.573. The first-order chi connectivity index (χ1) is 13.4. The number of nitrogens with one attached hydrogen (secondary N) is 2. The van der Waals surface area contributed by atoms with E-state index in [9.17, 15) is 8.42 Å². The number of nitrogens with zero attached hydrogens (tertiary/aromatic N) is 1. The normalized spacial score (nSPS) is 25.1. The van der Waals surface area contributed by atoms with Crippen molar-refractivity contribution in [1.82, 2.24) is 4.31 Å². The Bertz CT molecular complexity index is 715. The number of ether oxygens (including phenoxy) is 2. The highest BCUT2D eigenvalue weighted by molar-refractivity contribution is 7.89. The second-order valence-corrected chi connectivity index (χ2v) is 10.3. The van der Waals surface area contributed by atoms with Gasteiger partial charge in [0, 0.05) is 5.92 Å². The second-order valence-electron chi connectivity index (χ2n) is 8.33. The van der Waals surface area contributed by atoms with Crippen LogP contribution in [0.4, 0.5) is 0 Å². The lowest BCUT2D eigenvalue weighted by molar-refractivity contribution is -0.935.